The van der Waals surface area contributed by atoms with E-state index in [-0.39, 0.29) is 18.5 Å². The third kappa shape index (κ3) is 43.3. The summed E-state index contributed by atoms with van der Waals surface area (Å²) in [7, 11) is 0. The van der Waals surface area contributed by atoms with Crippen LogP contribution in [0.1, 0.15) is 277 Å². The minimum Gasteiger partial charge on any atom is -0.466 e. The maximum Gasteiger partial charge on any atom is 0.305 e. The van der Waals surface area contributed by atoms with Crippen LogP contribution in [0.25, 0.3) is 0 Å². The second-order valence-electron chi connectivity index (χ2n) is 21.7. The number of carbonyl (C=O) groups excluding carboxylic acids is 2. The third-order valence-corrected chi connectivity index (χ3v) is 14.6. The van der Waals surface area contributed by atoms with Crippen molar-refractivity contribution in [3.8, 4) is 0 Å². The molecule has 1 fully saturated rings. The van der Waals surface area contributed by atoms with Crippen LogP contribution in [0.15, 0.2) is 60.8 Å². The maximum atomic E-state index is 13.0. The Kier molecular flexibility index (Phi) is 51.0. The Balaban J connectivity index is 2.02. The van der Waals surface area contributed by atoms with Gasteiger partial charge in [0.25, 0.3) is 0 Å². The molecule has 0 aromatic heterocycles. The summed E-state index contributed by atoms with van der Waals surface area (Å²) in [5, 5.41) is 54.2. The minimum absolute atomic E-state index is 0.00320. The average Bonchev–Trinajstić information content (AvgIpc) is 3.42. The Morgan fingerprint density at radius 2 is 0.934 bits per heavy atom. The summed E-state index contributed by atoms with van der Waals surface area (Å²) in [5.41, 5.74) is 0. The smallest absolute Gasteiger partial charge is 0.305 e. The summed E-state index contributed by atoms with van der Waals surface area (Å²) >= 11 is 0. The zero-order valence-corrected chi connectivity index (χ0v) is 48.7. The molecular weight excluding hydrogens is 955 g/mol. The van der Waals surface area contributed by atoms with E-state index in [0.717, 1.165) is 96.3 Å². The molecule has 7 unspecified atom stereocenters. The number of unbranched alkanes of at least 4 members (excludes halogenated alkanes) is 32. The monoisotopic (exact) mass is 1070 g/mol. The minimum atomic E-state index is -1.58. The second-order valence-corrected chi connectivity index (χ2v) is 21.7. The molecule has 11 heteroatoms. The second kappa shape index (κ2) is 54.3. The Morgan fingerprint density at radius 3 is 1.43 bits per heavy atom. The maximum absolute atomic E-state index is 13.0. The molecule has 7 atom stereocenters. The van der Waals surface area contributed by atoms with Crippen molar-refractivity contribution < 1.29 is 49.3 Å². The van der Waals surface area contributed by atoms with Gasteiger partial charge in [0.15, 0.2) is 6.29 Å². The van der Waals surface area contributed by atoms with E-state index in [0.29, 0.717) is 25.9 Å². The first-order chi connectivity index (χ1) is 37.2. The Morgan fingerprint density at radius 1 is 0.500 bits per heavy atom. The van der Waals surface area contributed by atoms with Crippen molar-refractivity contribution in [3.63, 3.8) is 0 Å². The molecule has 1 rings (SSSR count). The molecule has 0 bridgehead atoms. The van der Waals surface area contributed by atoms with Crippen LogP contribution >= 0.6 is 0 Å². The number of aliphatic hydroxyl groups excluding tert-OH is 5. The molecule has 0 saturated carbocycles. The number of nitrogens with one attached hydrogen (secondary N) is 1. The molecule has 1 aliphatic heterocycles. The third-order valence-electron chi connectivity index (χ3n) is 14.6. The molecule has 0 aromatic rings. The fourth-order valence-electron chi connectivity index (χ4n) is 9.62. The fraction of sp³-hybridized carbons (Fsp3) is 0.815. The number of aliphatic hydroxyl groups is 5. The van der Waals surface area contributed by atoms with Crippen molar-refractivity contribution in [2.24, 2.45) is 0 Å². The summed E-state index contributed by atoms with van der Waals surface area (Å²) in [6.45, 7) is 4.19. The summed E-state index contributed by atoms with van der Waals surface area (Å²) in [6.07, 6.45) is 60.6. The zero-order valence-electron chi connectivity index (χ0n) is 48.7. The lowest BCUT2D eigenvalue weighted by molar-refractivity contribution is -0.302. The quantitative estimate of drug-likeness (QED) is 0.0195. The lowest BCUT2D eigenvalue weighted by atomic mass is 9.99. The number of allylic oxidation sites excluding steroid dienone is 9. The fourth-order valence-corrected chi connectivity index (χ4v) is 9.62. The molecule has 6 N–H and O–H groups in total. The van der Waals surface area contributed by atoms with E-state index in [1.54, 1.807) is 6.08 Å². The molecule has 1 aliphatic rings. The van der Waals surface area contributed by atoms with Gasteiger partial charge in [-0.25, -0.2) is 0 Å². The predicted molar refractivity (Wildman–Crippen MR) is 315 cm³/mol. The number of carbonyl (C=O) groups is 2. The Hall–Kier alpha value is -2.64. The van der Waals surface area contributed by atoms with Crippen LogP contribution in [-0.2, 0) is 23.8 Å². The van der Waals surface area contributed by atoms with E-state index in [4.69, 9.17) is 14.2 Å². The van der Waals surface area contributed by atoms with Gasteiger partial charge in [0.05, 0.1) is 32.0 Å². The van der Waals surface area contributed by atoms with Crippen molar-refractivity contribution in [1.82, 2.24) is 5.32 Å². The molecule has 0 aromatic carbocycles. The van der Waals surface area contributed by atoms with Crippen molar-refractivity contribution in [2.45, 2.75) is 320 Å². The number of hydrogen-bond acceptors (Lipinski definition) is 10. The number of hydrogen-bond donors (Lipinski definition) is 6. The van der Waals surface area contributed by atoms with Gasteiger partial charge in [-0.15, -0.1) is 0 Å². The Labute approximate surface area is 465 Å². The van der Waals surface area contributed by atoms with Gasteiger partial charge >= 0.3 is 5.97 Å². The molecule has 442 valence electrons. The van der Waals surface area contributed by atoms with Crippen LogP contribution in [0.5, 0.6) is 0 Å². The van der Waals surface area contributed by atoms with Crippen molar-refractivity contribution >= 4 is 11.9 Å². The van der Waals surface area contributed by atoms with Crippen LogP contribution in [0.2, 0.25) is 0 Å². The Bertz CT molecular complexity index is 1450. The van der Waals surface area contributed by atoms with Gasteiger partial charge in [-0.3, -0.25) is 9.59 Å². The lowest BCUT2D eigenvalue weighted by Crippen LogP contribution is -2.60. The highest BCUT2D eigenvalue weighted by Crippen LogP contribution is 2.23. The van der Waals surface area contributed by atoms with Crippen LogP contribution in [-0.4, -0.2) is 100 Å². The summed E-state index contributed by atoms with van der Waals surface area (Å²) in [6, 6.07) is -0.842. The number of amides is 1. The van der Waals surface area contributed by atoms with Crippen LogP contribution in [0.3, 0.4) is 0 Å². The van der Waals surface area contributed by atoms with Crippen molar-refractivity contribution in [2.75, 3.05) is 19.8 Å². The first kappa shape index (κ1) is 71.4. The van der Waals surface area contributed by atoms with Gasteiger partial charge in [-0.2, -0.15) is 0 Å². The molecule has 0 radical (unpaired) electrons. The molecule has 1 heterocycles. The molecule has 0 spiro atoms. The van der Waals surface area contributed by atoms with E-state index in [1.165, 1.54) is 148 Å². The van der Waals surface area contributed by atoms with Gasteiger partial charge in [0.2, 0.25) is 5.91 Å². The molecule has 0 aliphatic carbocycles. The first-order valence-corrected chi connectivity index (χ1v) is 31.6. The van der Waals surface area contributed by atoms with Crippen LogP contribution < -0.4 is 5.32 Å². The molecule has 76 heavy (non-hydrogen) atoms. The highest BCUT2D eigenvalue weighted by Gasteiger charge is 2.44. The highest BCUT2D eigenvalue weighted by molar-refractivity contribution is 5.76. The number of rotatable bonds is 54. The topological polar surface area (TPSA) is 175 Å². The van der Waals surface area contributed by atoms with E-state index in [9.17, 15) is 35.1 Å². The molecule has 11 nitrogen and oxygen atoms in total. The molecular formula is C65H117NO10. The number of ether oxygens (including phenoxy) is 3. The summed E-state index contributed by atoms with van der Waals surface area (Å²) in [4.78, 5) is 25.1. The zero-order chi connectivity index (χ0) is 55.2. The average molecular weight is 1070 g/mol. The first-order valence-electron chi connectivity index (χ1n) is 31.6. The highest BCUT2D eigenvalue weighted by atomic mass is 16.7. The van der Waals surface area contributed by atoms with Crippen molar-refractivity contribution in [1.29, 1.82) is 0 Å². The summed E-state index contributed by atoms with van der Waals surface area (Å²) in [5.74, 6) is -0.213. The lowest BCUT2D eigenvalue weighted by Gasteiger charge is -2.40. The van der Waals surface area contributed by atoms with Gasteiger partial charge in [0, 0.05) is 12.8 Å². The predicted octanol–water partition coefficient (Wildman–Crippen LogP) is 15.0. The standard InChI is InChI=1S/C65H117NO10/c1-3-5-7-9-11-13-15-16-26-30-33-37-41-45-49-53-61(70)74-54-50-46-42-38-34-31-28-25-23-21-19-17-18-20-22-24-27-29-32-36-40-44-48-52-60(69)66-57(56-75-65-64(73)63(72)62(71)59(55-67)76-65)58(68)51-47-43-39-35-14-12-10-8-6-4-2/h6,8,14,17,19-20,22,35,47,51,57-59,62-65,67-68,71-73H,3-5,7,9-13,15-16,18,21,23-34,36-46,48-50,52-56H2,1-2H3,(H,66,69)/b8-6+,19-17-,22-20-,35-14+,51-47+. The van der Waals surface area contributed by atoms with E-state index in [2.05, 4.69) is 67.8 Å². The van der Waals surface area contributed by atoms with E-state index < -0.39 is 49.5 Å². The van der Waals surface area contributed by atoms with Gasteiger partial charge < -0.3 is 45.1 Å². The number of esters is 1. The van der Waals surface area contributed by atoms with E-state index >= 15 is 0 Å². The van der Waals surface area contributed by atoms with E-state index in [1.807, 2.05) is 6.08 Å². The van der Waals surface area contributed by atoms with Crippen LogP contribution in [0, 0.1) is 0 Å². The van der Waals surface area contributed by atoms with Gasteiger partial charge in [-0.1, -0.05) is 242 Å². The molecule has 1 saturated heterocycles. The van der Waals surface area contributed by atoms with Gasteiger partial charge in [-0.05, 0) is 83.5 Å². The van der Waals surface area contributed by atoms with Crippen LogP contribution in [0.4, 0.5) is 0 Å². The SMILES string of the molecule is CC/C=C/CC/C=C/CC/C=C/C(O)C(COC1OC(CO)C(O)C(O)C1O)NC(=O)CCCCCCCCC/C=C\C/C=C\CCCCCCCCCCCOC(=O)CCCCCCCCCCCCCCCCC. The summed E-state index contributed by atoms with van der Waals surface area (Å²) < 4.78 is 16.7. The normalized spacial score (nSPS) is 19.1. The van der Waals surface area contributed by atoms with Gasteiger partial charge in [0.1, 0.15) is 24.4 Å². The van der Waals surface area contributed by atoms with Crippen molar-refractivity contribution in [3.05, 3.63) is 60.8 Å². The largest absolute Gasteiger partial charge is 0.466 e. The molecule has 1 amide bonds.